The molecule has 0 aliphatic carbocycles. The first-order valence-corrected chi connectivity index (χ1v) is 6.31. The van der Waals surface area contributed by atoms with E-state index >= 15 is 0 Å². The van der Waals surface area contributed by atoms with Crippen LogP contribution in [0.4, 0.5) is 19.0 Å². The number of pyridine rings is 1. The highest BCUT2D eigenvalue weighted by molar-refractivity contribution is 5.93. The zero-order valence-corrected chi connectivity index (χ0v) is 10.9. The lowest BCUT2D eigenvalue weighted by atomic mass is 9.96. The van der Waals surface area contributed by atoms with Crippen LogP contribution in [-0.2, 0) is 0 Å². The summed E-state index contributed by atoms with van der Waals surface area (Å²) in [5, 5.41) is 9.12. The van der Waals surface area contributed by atoms with Gasteiger partial charge in [0.05, 0.1) is 5.92 Å². The van der Waals surface area contributed by atoms with Crippen molar-refractivity contribution in [3.8, 4) is 0 Å². The molecule has 2 heterocycles. The third-order valence-electron chi connectivity index (χ3n) is 3.50. The molecular formula is C13H15F3N2O2. The molecule has 1 N–H and O–H groups in total. The van der Waals surface area contributed by atoms with Gasteiger partial charge in [0, 0.05) is 18.8 Å². The maximum Gasteiger partial charge on any atom is 0.391 e. The molecule has 0 amide bonds. The molecule has 1 aliphatic rings. The van der Waals surface area contributed by atoms with Gasteiger partial charge in [0.15, 0.2) is 0 Å². The van der Waals surface area contributed by atoms with E-state index in [4.69, 9.17) is 5.11 Å². The minimum absolute atomic E-state index is 0.0288. The number of hydrogen-bond donors (Lipinski definition) is 1. The van der Waals surface area contributed by atoms with E-state index in [0.29, 0.717) is 5.69 Å². The number of hydrogen-bond acceptors (Lipinski definition) is 3. The van der Waals surface area contributed by atoms with E-state index in [1.165, 1.54) is 6.07 Å². The van der Waals surface area contributed by atoms with Crippen LogP contribution in [0.1, 0.15) is 28.9 Å². The van der Waals surface area contributed by atoms with Gasteiger partial charge < -0.3 is 10.0 Å². The maximum atomic E-state index is 12.6. The number of aromatic carboxylic acids is 1. The summed E-state index contributed by atoms with van der Waals surface area (Å²) >= 11 is 0. The second-order valence-corrected chi connectivity index (χ2v) is 4.93. The standard InChI is InChI=1S/C13H15F3N2O2/c1-8-2-3-10(12(19)20)11(17-8)18-6-4-9(5-7-18)13(14,15)16/h2-3,9H,4-7H2,1H3,(H,19,20). The van der Waals surface area contributed by atoms with Crippen LogP contribution >= 0.6 is 0 Å². The molecule has 0 atom stereocenters. The average Bonchev–Trinajstić information content (AvgIpc) is 2.37. The van der Waals surface area contributed by atoms with Gasteiger partial charge in [0.2, 0.25) is 0 Å². The van der Waals surface area contributed by atoms with Crippen LogP contribution < -0.4 is 4.90 Å². The Labute approximate surface area is 114 Å². The molecule has 7 heteroatoms. The lowest BCUT2D eigenvalue weighted by Gasteiger charge is -2.34. The first-order valence-electron chi connectivity index (χ1n) is 6.31. The maximum absolute atomic E-state index is 12.6. The second kappa shape index (κ2) is 5.30. The predicted octanol–water partition coefficient (Wildman–Crippen LogP) is 2.87. The molecule has 110 valence electrons. The Hall–Kier alpha value is -1.79. The van der Waals surface area contributed by atoms with Crippen molar-refractivity contribution in [2.75, 3.05) is 18.0 Å². The summed E-state index contributed by atoms with van der Waals surface area (Å²) in [7, 11) is 0. The minimum Gasteiger partial charge on any atom is -0.478 e. The summed E-state index contributed by atoms with van der Waals surface area (Å²) in [5.41, 5.74) is 0.670. The molecule has 0 spiro atoms. The summed E-state index contributed by atoms with van der Waals surface area (Å²) in [6, 6.07) is 3.02. The number of carbonyl (C=O) groups is 1. The molecular weight excluding hydrogens is 273 g/mol. The van der Waals surface area contributed by atoms with Crippen molar-refractivity contribution in [3.05, 3.63) is 23.4 Å². The lowest BCUT2D eigenvalue weighted by Crippen LogP contribution is -2.40. The molecule has 2 rings (SSSR count). The number of rotatable bonds is 2. The van der Waals surface area contributed by atoms with Gasteiger partial charge in [-0.2, -0.15) is 13.2 Å². The van der Waals surface area contributed by atoms with Crippen LogP contribution in [0.5, 0.6) is 0 Å². The zero-order chi connectivity index (χ0) is 14.9. The number of anilines is 1. The van der Waals surface area contributed by atoms with E-state index in [1.54, 1.807) is 17.9 Å². The van der Waals surface area contributed by atoms with Gasteiger partial charge in [-0.3, -0.25) is 0 Å². The van der Waals surface area contributed by atoms with Crippen LogP contribution in [0, 0.1) is 12.8 Å². The minimum atomic E-state index is -4.18. The van der Waals surface area contributed by atoms with Crippen molar-refractivity contribution >= 4 is 11.8 Å². The van der Waals surface area contributed by atoms with Gasteiger partial charge in [-0.05, 0) is 31.9 Å². The Bertz CT molecular complexity index is 509. The van der Waals surface area contributed by atoms with Gasteiger partial charge >= 0.3 is 12.1 Å². The fraction of sp³-hybridized carbons (Fsp3) is 0.538. The predicted molar refractivity (Wildman–Crippen MR) is 66.9 cm³/mol. The number of halogens is 3. The Balaban J connectivity index is 2.18. The van der Waals surface area contributed by atoms with Crippen molar-refractivity contribution in [1.29, 1.82) is 0 Å². The summed E-state index contributed by atoms with van der Waals surface area (Å²) in [6.07, 6.45) is -4.24. The van der Waals surface area contributed by atoms with Crippen molar-refractivity contribution in [3.63, 3.8) is 0 Å². The topological polar surface area (TPSA) is 53.4 Å². The van der Waals surface area contributed by atoms with Crippen molar-refractivity contribution in [2.24, 2.45) is 5.92 Å². The molecule has 0 saturated carbocycles. The van der Waals surface area contributed by atoms with Crippen LogP contribution in [0.15, 0.2) is 12.1 Å². The Morgan fingerprint density at radius 1 is 1.35 bits per heavy atom. The van der Waals surface area contributed by atoms with E-state index in [-0.39, 0.29) is 37.3 Å². The highest BCUT2D eigenvalue weighted by Gasteiger charge is 2.41. The molecule has 20 heavy (non-hydrogen) atoms. The van der Waals surface area contributed by atoms with Crippen LogP contribution in [0.2, 0.25) is 0 Å². The molecule has 0 unspecified atom stereocenters. The summed E-state index contributed by atoms with van der Waals surface area (Å²) < 4.78 is 37.8. The van der Waals surface area contributed by atoms with E-state index in [0.717, 1.165) is 0 Å². The molecule has 1 fully saturated rings. The number of aryl methyl sites for hydroxylation is 1. The SMILES string of the molecule is Cc1ccc(C(=O)O)c(N2CCC(C(F)(F)F)CC2)n1. The Morgan fingerprint density at radius 2 is 1.95 bits per heavy atom. The second-order valence-electron chi connectivity index (χ2n) is 4.93. The van der Waals surface area contributed by atoms with Gasteiger partial charge in [-0.15, -0.1) is 0 Å². The quantitative estimate of drug-likeness (QED) is 0.909. The number of carboxylic acids is 1. The van der Waals surface area contributed by atoms with Gasteiger partial charge in [0.1, 0.15) is 11.4 Å². The lowest BCUT2D eigenvalue weighted by molar-refractivity contribution is -0.179. The molecule has 0 radical (unpaired) electrons. The molecule has 4 nitrogen and oxygen atoms in total. The van der Waals surface area contributed by atoms with Crippen molar-refractivity contribution in [2.45, 2.75) is 25.9 Å². The van der Waals surface area contributed by atoms with Crippen LogP contribution in [-0.4, -0.2) is 35.3 Å². The Morgan fingerprint density at radius 3 is 2.45 bits per heavy atom. The number of alkyl halides is 3. The van der Waals surface area contributed by atoms with Gasteiger partial charge in [-0.25, -0.2) is 9.78 Å². The highest BCUT2D eigenvalue weighted by Crippen LogP contribution is 2.35. The average molecular weight is 288 g/mol. The monoisotopic (exact) mass is 288 g/mol. The van der Waals surface area contributed by atoms with Crippen molar-refractivity contribution < 1.29 is 23.1 Å². The molecule has 1 aromatic rings. The van der Waals surface area contributed by atoms with E-state index in [2.05, 4.69) is 4.98 Å². The van der Waals surface area contributed by atoms with E-state index in [9.17, 15) is 18.0 Å². The van der Waals surface area contributed by atoms with Crippen LogP contribution in [0.3, 0.4) is 0 Å². The van der Waals surface area contributed by atoms with Crippen molar-refractivity contribution in [1.82, 2.24) is 4.98 Å². The molecule has 0 aromatic carbocycles. The number of aromatic nitrogens is 1. The molecule has 1 aromatic heterocycles. The number of carboxylic acid groups (broad SMARTS) is 1. The summed E-state index contributed by atoms with van der Waals surface area (Å²) in [4.78, 5) is 16.9. The van der Waals surface area contributed by atoms with Gasteiger partial charge in [0.25, 0.3) is 0 Å². The highest BCUT2D eigenvalue weighted by atomic mass is 19.4. The van der Waals surface area contributed by atoms with E-state index in [1.807, 2.05) is 0 Å². The zero-order valence-electron chi connectivity index (χ0n) is 10.9. The first kappa shape index (κ1) is 14.6. The molecule has 1 saturated heterocycles. The summed E-state index contributed by atoms with van der Waals surface area (Å²) in [6.45, 7) is 2.05. The molecule has 0 bridgehead atoms. The van der Waals surface area contributed by atoms with Crippen LogP contribution in [0.25, 0.3) is 0 Å². The van der Waals surface area contributed by atoms with E-state index < -0.39 is 18.1 Å². The normalized spacial score (nSPS) is 17.3. The fourth-order valence-electron chi connectivity index (χ4n) is 2.37. The fourth-order valence-corrected chi connectivity index (χ4v) is 2.37. The van der Waals surface area contributed by atoms with Gasteiger partial charge in [-0.1, -0.05) is 0 Å². The largest absolute Gasteiger partial charge is 0.478 e. The third-order valence-corrected chi connectivity index (χ3v) is 3.50. The smallest absolute Gasteiger partial charge is 0.391 e. The third kappa shape index (κ3) is 3.02. The summed E-state index contributed by atoms with van der Waals surface area (Å²) in [5.74, 6) is -2.17. The Kier molecular flexibility index (Phi) is 3.87. The molecule has 1 aliphatic heterocycles. The number of nitrogens with zero attached hydrogens (tertiary/aromatic N) is 2. The number of piperidine rings is 1. The first-order chi connectivity index (χ1) is 9.29.